The molecule has 3 nitrogen and oxygen atoms in total. The van der Waals surface area contributed by atoms with E-state index in [1.54, 1.807) is 24.3 Å². The van der Waals surface area contributed by atoms with E-state index >= 15 is 0 Å². The molecule has 0 N–H and O–H groups in total. The Hall–Kier alpha value is -1.90. The van der Waals surface area contributed by atoms with Gasteiger partial charge < -0.3 is 0 Å². The fourth-order valence-electron chi connectivity index (χ4n) is 1.75. The van der Waals surface area contributed by atoms with Crippen LogP contribution < -0.4 is 0 Å². The lowest BCUT2D eigenvalue weighted by Crippen LogP contribution is -2.29. The number of allylic oxidation sites excluding steroid dienone is 1. The third kappa shape index (κ3) is 1.65. The maximum absolute atomic E-state index is 11.9. The Morgan fingerprint density at radius 1 is 1.06 bits per heavy atom. The second-order valence-corrected chi connectivity index (χ2v) is 3.65. The van der Waals surface area contributed by atoms with Crippen molar-refractivity contribution in [3.8, 4) is 0 Å². The molecule has 1 aromatic rings. The normalized spacial score (nSPS) is 14.9. The summed E-state index contributed by atoms with van der Waals surface area (Å²) in [7, 11) is 0. The lowest BCUT2D eigenvalue weighted by molar-refractivity contribution is 0.0672. The van der Waals surface area contributed by atoms with Crippen LogP contribution in [0.3, 0.4) is 0 Å². The summed E-state index contributed by atoms with van der Waals surface area (Å²) in [5.41, 5.74) is 1.02. The van der Waals surface area contributed by atoms with Crippen molar-refractivity contribution in [3.63, 3.8) is 0 Å². The molecule has 0 aromatic heterocycles. The van der Waals surface area contributed by atoms with Crippen LogP contribution in [-0.2, 0) is 0 Å². The smallest absolute Gasteiger partial charge is 0.261 e. The average molecular weight is 215 g/mol. The Labute approximate surface area is 94.4 Å². The molecule has 0 unspecified atom stereocenters. The molecule has 2 rings (SSSR count). The van der Waals surface area contributed by atoms with Crippen LogP contribution in [0.5, 0.6) is 0 Å². The number of hydrogen-bond acceptors (Lipinski definition) is 2. The Morgan fingerprint density at radius 2 is 1.62 bits per heavy atom. The minimum absolute atomic E-state index is 0.193. The first-order chi connectivity index (χ1) is 7.75. The molecule has 0 atom stereocenters. The van der Waals surface area contributed by atoms with Crippen molar-refractivity contribution < 1.29 is 9.59 Å². The molecular weight excluding hydrogens is 202 g/mol. The molecule has 2 amide bonds. The molecule has 0 bridgehead atoms. The number of rotatable bonds is 3. The summed E-state index contributed by atoms with van der Waals surface area (Å²) in [6.07, 6.45) is 4.70. The highest BCUT2D eigenvalue weighted by Gasteiger charge is 2.33. The van der Waals surface area contributed by atoms with Crippen LogP contribution >= 0.6 is 0 Å². The van der Waals surface area contributed by atoms with Crippen molar-refractivity contribution in [1.82, 2.24) is 4.90 Å². The molecule has 1 aliphatic rings. The minimum atomic E-state index is -0.193. The number of benzene rings is 1. The Balaban J connectivity index is 2.25. The monoisotopic (exact) mass is 215 g/mol. The summed E-state index contributed by atoms with van der Waals surface area (Å²) < 4.78 is 0. The van der Waals surface area contributed by atoms with E-state index in [9.17, 15) is 9.59 Å². The maximum atomic E-state index is 11.9. The van der Waals surface area contributed by atoms with Crippen LogP contribution in [0.2, 0.25) is 0 Å². The van der Waals surface area contributed by atoms with E-state index in [4.69, 9.17) is 0 Å². The third-order valence-electron chi connectivity index (χ3n) is 2.57. The second-order valence-electron chi connectivity index (χ2n) is 3.65. The van der Waals surface area contributed by atoms with Gasteiger partial charge in [-0.05, 0) is 18.6 Å². The number of carbonyl (C=O) groups is 2. The highest BCUT2D eigenvalue weighted by molar-refractivity contribution is 6.21. The van der Waals surface area contributed by atoms with Crippen LogP contribution in [0.15, 0.2) is 36.4 Å². The molecule has 0 spiro atoms. The molecule has 0 saturated carbocycles. The minimum Gasteiger partial charge on any atom is -0.270 e. The SMILES string of the molecule is CC/C=C/CN1C(=O)c2ccccc2C1=O. The number of nitrogens with zero attached hydrogens (tertiary/aromatic N) is 1. The van der Waals surface area contributed by atoms with Crippen molar-refractivity contribution in [2.45, 2.75) is 13.3 Å². The fourth-order valence-corrected chi connectivity index (χ4v) is 1.75. The number of hydrogen-bond donors (Lipinski definition) is 0. The molecule has 82 valence electrons. The van der Waals surface area contributed by atoms with Gasteiger partial charge in [0, 0.05) is 6.54 Å². The summed E-state index contributed by atoms with van der Waals surface area (Å²) in [5, 5.41) is 0. The molecule has 1 aromatic carbocycles. The number of imide groups is 1. The van der Waals surface area contributed by atoms with Gasteiger partial charge in [0.1, 0.15) is 0 Å². The summed E-state index contributed by atoms with van der Waals surface area (Å²) in [6, 6.07) is 6.93. The molecule has 1 aliphatic heterocycles. The fraction of sp³-hybridized carbons (Fsp3) is 0.231. The van der Waals surface area contributed by atoms with Gasteiger partial charge in [-0.1, -0.05) is 31.2 Å². The quantitative estimate of drug-likeness (QED) is 0.573. The van der Waals surface area contributed by atoms with E-state index in [0.29, 0.717) is 17.7 Å². The highest BCUT2D eigenvalue weighted by Crippen LogP contribution is 2.21. The molecule has 3 heteroatoms. The molecule has 0 aliphatic carbocycles. The van der Waals surface area contributed by atoms with Crippen molar-refractivity contribution in [2.24, 2.45) is 0 Å². The van der Waals surface area contributed by atoms with Gasteiger partial charge in [0.05, 0.1) is 11.1 Å². The van der Waals surface area contributed by atoms with Crippen LogP contribution in [0.25, 0.3) is 0 Å². The van der Waals surface area contributed by atoms with Gasteiger partial charge in [0.2, 0.25) is 0 Å². The summed E-state index contributed by atoms with van der Waals surface area (Å²) >= 11 is 0. The van der Waals surface area contributed by atoms with Crippen molar-refractivity contribution in [1.29, 1.82) is 0 Å². The van der Waals surface area contributed by atoms with Gasteiger partial charge >= 0.3 is 0 Å². The predicted octanol–water partition coefficient (Wildman–Crippen LogP) is 2.25. The molecule has 16 heavy (non-hydrogen) atoms. The van der Waals surface area contributed by atoms with Crippen LogP contribution in [-0.4, -0.2) is 23.3 Å². The Bertz CT molecular complexity index is 428. The zero-order chi connectivity index (χ0) is 11.5. The topological polar surface area (TPSA) is 37.4 Å². The molecule has 0 saturated heterocycles. The summed E-state index contributed by atoms with van der Waals surface area (Å²) in [4.78, 5) is 25.0. The van der Waals surface area contributed by atoms with E-state index in [0.717, 1.165) is 6.42 Å². The molecule has 0 radical (unpaired) electrons. The predicted molar refractivity (Wildman–Crippen MR) is 61.2 cm³/mol. The van der Waals surface area contributed by atoms with Crippen LogP contribution in [0, 0.1) is 0 Å². The molecule has 1 heterocycles. The third-order valence-corrected chi connectivity index (χ3v) is 2.57. The van der Waals surface area contributed by atoms with Gasteiger partial charge in [0.15, 0.2) is 0 Å². The largest absolute Gasteiger partial charge is 0.270 e. The van der Waals surface area contributed by atoms with E-state index in [2.05, 4.69) is 0 Å². The van der Waals surface area contributed by atoms with Gasteiger partial charge in [-0.25, -0.2) is 0 Å². The van der Waals surface area contributed by atoms with Crippen molar-refractivity contribution >= 4 is 11.8 Å². The van der Waals surface area contributed by atoms with E-state index in [-0.39, 0.29) is 11.8 Å². The summed E-state index contributed by atoms with van der Waals surface area (Å²) in [5.74, 6) is -0.386. The summed E-state index contributed by atoms with van der Waals surface area (Å²) in [6.45, 7) is 2.37. The van der Waals surface area contributed by atoms with Crippen LogP contribution in [0.1, 0.15) is 34.1 Å². The van der Waals surface area contributed by atoms with Crippen LogP contribution in [0.4, 0.5) is 0 Å². The van der Waals surface area contributed by atoms with Gasteiger partial charge in [0.25, 0.3) is 11.8 Å². The molecule has 0 fully saturated rings. The molecular formula is C13H13NO2. The van der Waals surface area contributed by atoms with Gasteiger partial charge in [-0.3, -0.25) is 14.5 Å². The standard InChI is InChI=1S/C13H13NO2/c1-2-3-6-9-14-12(15)10-7-4-5-8-11(10)13(14)16/h3-8H,2,9H2,1H3/b6-3+. The van der Waals surface area contributed by atoms with E-state index in [1.807, 2.05) is 19.1 Å². The first-order valence-corrected chi connectivity index (χ1v) is 5.36. The Morgan fingerprint density at radius 3 is 2.12 bits per heavy atom. The zero-order valence-electron chi connectivity index (χ0n) is 9.14. The van der Waals surface area contributed by atoms with Crippen molar-refractivity contribution in [2.75, 3.05) is 6.54 Å². The van der Waals surface area contributed by atoms with Gasteiger partial charge in [-0.15, -0.1) is 0 Å². The number of fused-ring (bicyclic) bond motifs is 1. The lowest BCUT2D eigenvalue weighted by atomic mass is 10.1. The average Bonchev–Trinajstić information content (AvgIpc) is 2.55. The highest BCUT2D eigenvalue weighted by atomic mass is 16.2. The zero-order valence-corrected chi connectivity index (χ0v) is 9.14. The first kappa shape index (κ1) is 10.6. The first-order valence-electron chi connectivity index (χ1n) is 5.36. The number of carbonyl (C=O) groups excluding carboxylic acids is 2. The Kier molecular flexibility index (Phi) is 2.86. The maximum Gasteiger partial charge on any atom is 0.261 e. The van der Waals surface area contributed by atoms with E-state index in [1.165, 1.54) is 4.90 Å². The number of amides is 2. The lowest BCUT2D eigenvalue weighted by Gasteiger charge is -2.09. The van der Waals surface area contributed by atoms with Gasteiger partial charge in [-0.2, -0.15) is 0 Å². The van der Waals surface area contributed by atoms with E-state index < -0.39 is 0 Å². The van der Waals surface area contributed by atoms with Crippen molar-refractivity contribution in [3.05, 3.63) is 47.5 Å². The second kappa shape index (κ2) is 4.31.